The van der Waals surface area contributed by atoms with Gasteiger partial charge in [0.25, 0.3) is 0 Å². The normalized spacial score (nSPS) is 29.5. The Hall–Kier alpha value is -1.52. The maximum atomic E-state index is 10.3. The molecule has 0 spiro atoms. The van der Waals surface area contributed by atoms with Gasteiger partial charge in [-0.05, 0) is 25.9 Å². The third kappa shape index (κ3) is 4.80. The summed E-state index contributed by atoms with van der Waals surface area (Å²) in [5, 5.41) is 47.7. The number of rotatable bonds is 8. The molecule has 4 N–H and O–H groups in total. The van der Waals surface area contributed by atoms with Crippen LogP contribution in [0.15, 0.2) is 18.5 Å². The second kappa shape index (κ2) is 8.92. The lowest BCUT2D eigenvalue weighted by Crippen LogP contribution is -2.56. The highest BCUT2D eigenvalue weighted by Crippen LogP contribution is 2.30. The van der Waals surface area contributed by atoms with E-state index in [1.165, 1.54) is 4.68 Å². The van der Waals surface area contributed by atoms with E-state index >= 15 is 0 Å². The van der Waals surface area contributed by atoms with Crippen molar-refractivity contribution in [3.63, 3.8) is 0 Å². The number of ether oxygens (including phenoxy) is 1. The van der Waals surface area contributed by atoms with Crippen LogP contribution in [0.5, 0.6) is 0 Å². The third-order valence-corrected chi connectivity index (χ3v) is 4.64. The van der Waals surface area contributed by atoms with Crippen LogP contribution in [0.1, 0.15) is 32.2 Å². The highest BCUT2D eigenvalue weighted by Gasteiger charge is 2.46. The molecular formula is C17H30N4O5. The predicted molar refractivity (Wildman–Crippen MR) is 94.4 cm³/mol. The molecule has 26 heavy (non-hydrogen) atoms. The van der Waals surface area contributed by atoms with Gasteiger partial charge in [0, 0.05) is 13.0 Å². The number of aliphatic hydroxyl groups excluding tert-OH is 4. The number of aliphatic hydroxyl groups is 4. The van der Waals surface area contributed by atoms with Gasteiger partial charge < -0.3 is 30.1 Å². The van der Waals surface area contributed by atoms with E-state index in [4.69, 9.17) is 4.74 Å². The molecule has 0 aliphatic carbocycles. The highest BCUT2D eigenvalue weighted by molar-refractivity contribution is 5.05. The van der Waals surface area contributed by atoms with Gasteiger partial charge in [-0.15, -0.1) is 5.10 Å². The molecule has 1 aromatic heterocycles. The lowest BCUT2D eigenvalue weighted by atomic mass is 9.97. The van der Waals surface area contributed by atoms with E-state index in [1.54, 1.807) is 6.20 Å². The number of aromatic nitrogens is 3. The zero-order valence-electron chi connectivity index (χ0n) is 15.6. The standard InChI is InChI=1S/C17H30N4O5/c1-10(2)5-7-20(4)8-6-12-9-18-19-21(12)17-15(25)13(23)14(24)16(26-17)11(3)22/h9-10,13-17,22-25H,3,5-8H2,1-2,4H3. The van der Waals surface area contributed by atoms with Crippen LogP contribution < -0.4 is 0 Å². The van der Waals surface area contributed by atoms with Crippen LogP contribution in [0.3, 0.4) is 0 Å². The molecule has 1 fully saturated rings. The van der Waals surface area contributed by atoms with Crippen LogP contribution in [0.2, 0.25) is 0 Å². The lowest BCUT2D eigenvalue weighted by Gasteiger charge is -2.40. The van der Waals surface area contributed by atoms with Crippen LogP contribution in [-0.2, 0) is 11.2 Å². The first-order valence-electron chi connectivity index (χ1n) is 8.87. The van der Waals surface area contributed by atoms with Gasteiger partial charge in [-0.2, -0.15) is 0 Å². The molecule has 2 heterocycles. The van der Waals surface area contributed by atoms with Gasteiger partial charge >= 0.3 is 0 Å². The number of nitrogens with zero attached hydrogens (tertiary/aromatic N) is 4. The monoisotopic (exact) mass is 370 g/mol. The molecule has 5 atom stereocenters. The van der Waals surface area contributed by atoms with E-state index in [-0.39, 0.29) is 0 Å². The van der Waals surface area contributed by atoms with Crippen LogP contribution in [-0.4, -0.2) is 84.9 Å². The zero-order chi connectivity index (χ0) is 19.4. The minimum absolute atomic E-state index is 0.427. The van der Waals surface area contributed by atoms with Crippen molar-refractivity contribution in [2.24, 2.45) is 5.92 Å². The van der Waals surface area contributed by atoms with Gasteiger partial charge in [0.05, 0.1) is 11.9 Å². The quantitative estimate of drug-likeness (QED) is 0.466. The summed E-state index contributed by atoms with van der Waals surface area (Å²) in [5.41, 5.74) is 0.719. The lowest BCUT2D eigenvalue weighted by molar-refractivity contribution is -0.244. The van der Waals surface area contributed by atoms with Crippen molar-refractivity contribution in [2.45, 2.75) is 57.3 Å². The molecule has 1 aliphatic rings. The van der Waals surface area contributed by atoms with Gasteiger partial charge in [-0.1, -0.05) is 25.6 Å². The second-order valence-electron chi connectivity index (χ2n) is 7.32. The molecule has 9 heteroatoms. The Kier molecular flexibility index (Phi) is 7.13. The highest BCUT2D eigenvalue weighted by atomic mass is 16.6. The molecule has 1 aliphatic heterocycles. The Morgan fingerprint density at radius 3 is 2.58 bits per heavy atom. The molecule has 2 rings (SSSR count). The fraction of sp³-hybridized carbons (Fsp3) is 0.765. The van der Waals surface area contributed by atoms with E-state index in [2.05, 4.69) is 35.6 Å². The SMILES string of the molecule is C=C(O)C1OC(n2nncc2CCN(C)CCC(C)C)C(O)C(O)C1O. The van der Waals surface area contributed by atoms with Crippen molar-refractivity contribution < 1.29 is 25.2 Å². The van der Waals surface area contributed by atoms with Crippen molar-refractivity contribution in [1.29, 1.82) is 0 Å². The van der Waals surface area contributed by atoms with E-state index in [0.717, 1.165) is 25.2 Å². The van der Waals surface area contributed by atoms with Gasteiger partial charge in [-0.3, -0.25) is 0 Å². The molecule has 148 valence electrons. The smallest absolute Gasteiger partial charge is 0.181 e. The summed E-state index contributed by atoms with van der Waals surface area (Å²) in [6.07, 6.45) is -3.40. The Balaban J connectivity index is 2.07. The van der Waals surface area contributed by atoms with Crippen molar-refractivity contribution in [2.75, 3.05) is 20.1 Å². The topological polar surface area (TPSA) is 124 Å². The van der Waals surface area contributed by atoms with E-state index in [1.807, 2.05) is 7.05 Å². The Bertz CT molecular complexity index is 593. The summed E-state index contributed by atoms with van der Waals surface area (Å²) in [6.45, 7) is 9.45. The molecule has 1 aromatic rings. The summed E-state index contributed by atoms with van der Waals surface area (Å²) in [5.74, 6) is 0.204. The number of hydrogen-bond acceptors (Lipinski definition) is 8. The summed E-state index contributed by atoms with van der Waals surface area (Å²) >= 11 is 0. The molecule has 5 unspecified atom stereocenters. The molecule has 1 saturated heterocycles. The second-order valence-corrected chi connectivity index (χ2v) is 7.32. The van der Waals surface area contributed by atoms with E-state index in [0.29, 0.717) is 12.3 Å². The number of hydrogen-bond donors (Lipinski definition) is 4. The molecule has 0 radical (unpaired) electrons. The maximum Gasteiger partial charge on any atom is 0.181 e. The molecule has 9 nitrogen and oxygen atoms in total. The van der Waals surface area contributed by atoms with Gasteiger partial charge in [-0.25, -0.2) is 4.68 Å². The first kappa shape index (κ1) is 20.8. The first-order valence-corrected chi connectivity index (χ1v) is 8.87. The van der Waals surface area contributed by atoms with E-state index in [9.17, 15) is 20.4 Å². The first-order chi connectivity index (χ1) is 12.2. The van der Waals surface area contributed by atoms with Crippen molar-refractivity contribution in [3.05, 3.63) is 24.2 Å². The van der Waals surface area contributed by atoms with Crippen LogP contribution in [0, 0.1) is 5.92 Å². The van der Waals surface area contributed by atoms with Crippen LogP contribution in [0.4, 0.5) is 0 Å². The Labute approximate surface area is 153 Å². The van der Waals surface area contributed by atoms with Crippen LogP contribution in [0.25, 0.3) is 0 Å². The third-order valence-electron chi connectivity index (χ3n) is 4.64. The fourth-order valence-corrected chi connectivity index (χ4v) is 2.89. The van der Waals surface area contributed by atoms with Gasteiger partial charge in [0.2, 0.25) is 0 Å². The van der Waals surface area contributed by atoms with Crippen LogP contribution >= 0.6 is 0 Å². The average Bonchev–Trinajstić information content (AvgIpc) is 3.04. The summed E-state index contributed by atoms with van der Waals surface area (Å²) in [6, 6.07) is 0. The molecular weight excluding hydrogens is 340 g/mol. The maximum absolute atomic E-state index is 10.3. The number of likely N-dealkylation sites (N-methyl/N-ethyl adjacent to an activating group) is 1. The Morgan fingerprint density at radius 2 is 1.96 bits per heavy atom. The van der Waals surface area contributed by atoms with Gasteiger partial charge in [0.1, 0.15) is 30.2 Å². The van der Waals surface area contributed by atoms with Crippen molar-refractivity contribution in [3.8, 4) is 0 Å². The van der Waals surface area contributed by atoms with Gasteiger partial charge in [0.15, 0.2) is 6.23 Å². The average molecular weight is 370 g/mol. The summed E-state index contributed by atoms with van der Waals surface area (Å²) in [4.78, 5) is 2.20. The largest absolute Gasteiger partial charge is 0.510 e. The summed E-state index contributed by atoms with van der Waals surface area (Å²) < 4.78 is 6.93. The van der Waals surface area contributed by atoms with E-state index < -0.39 is 36.4 Å². The molecule has 0 amide bonds. The minimum atomic E-state index is -1.51. The predicted octanol–water partition coefficient (Wildman–Crippen LogP) is -0.150. The zero-order valence-corrected chi connectivity index (χ0v) is 15.6. The Morgan fingerprint density at radius 1 is 1.27 bits per heavy atom. The molecule has 0 saturated carbocycles. The minimum Gasteiger partial charge on any atom is -0.510 e. The van der Waals surface area contributed by atoms with Crippen molar-refractivity contribution in [1.82, 2.24) is 19.9 Å². The summed E-state index contributed by atoms with van der Waals surface area (Å²) in [7, 11) is 2.04. The molecule has 0 aromatic carbocycles. The van der Waals surface area contributed by atoms with Crippen molar-refractivity contribution >= 4 is 0 Å². The fourth-order valence-electron chi connectivity index (χ4n) is 2.89. The molecule has 0 bridgehead atoms.